The van der Waals surface area contributed by atoms with Gasteiger partial charge in [0, 0.05) is 17.7 Å². The number of amides is 1. The minimum atomic E-state index is -0.149. The van der Waals surface area contributed by atoms with Crippen molar-refractivity contribution in [1.82, 2.24) is 15.6 Å². The van der Waals surface area contributed by atoms with E-state index in [1.807, 2.05) is 18.2 Å². The predicted molar refractivity (Wildman–Crippen MR) is 92.0 cm³/mol. The number of carbonyl (C=O) groups is 1. The minimum Gasteiger partial charge on any atom is -0.354 e. The third-order valence-electron chi connectivity index (χ3n) is 3.40. The Hall–Kier alpha value is -1.72. The first kappa shape index (κ1) is 16.6. The van der Waals surface area contributed by atoms with Gasteiger partial charge in [0.25, 0.3) is 5.91 Å². The number of halogens is 1. The molecule has 0 radical (unpaired) electrons. The maximum absolute atomic E-state index is 11.5. The normalized spacial score (nSPS) is 10.5. The molecule has 0 unspecified atom stereocenters. The minimum absolute atomic E-state index is 0.149. The summed E-state index contributed by atoms with van der Waals surface area (Å²) in [6.07, 6.45) is 3.55. The Morgan fingerprint density at radius 1 is 1.18 bits per heavy atom. The summed E-state index contributed by atoms with van der Waals surface area (Å²) < 4.78 is 1.15. The molecular weight excluding hydrogens is 342 g/mol. The fourth-order valence-corrected chi connectivity index (χ4v) is 2.65. The van der Waals surface area contributed by atoms with Crippen LogP contribution < -0.4 is 10.6 Å². The topological polar surface area (TPSA) is 54.0 Å². The van der Waals surface area contributed by atoms with Crippen molar-refractivity contribution in [2.24, 2.45) is 0 Å². The van der Waals surface area contributed by atoms with Crippen LogP contribution in [0.25, 0.3) is 0 Å². The Labute approximate surface area is 139 Å². The van der Waals surface area contributed by atoms with E-state index in [9.17, 15) is 4.79 Å². The molecule has 0 aliphatic carbocycles. The number of hydrogen-bond acceptors (Lipinski definition) is 3. The zero-order valence-electron chi connectivity index (χ0n) is 12.6. The van der Waals surface area contributed by atoms with Crippen molar-refractivity contribution in [2.75, 3.05) is 20.1 Å². The molecule has 0 aliphatic heterocycles. The van der Waals surface area contributed by atoms with E-state index in [1.165, 1.54) is 5.56 Å². The lowest BCUT2D eigenvalue weighted by Gasteiger charge is -2.07. The van der Waals surface area contributed by atoms with E-state index in [-0.39, 0.29) is 5.91 Å². The van der Waals surface area contributed by atoms with Gasteiger partial charge in [-0.25, -0.2) is 0 Å². The summed E-state index contributed by atoms with van der Waals surface area (Å²) in [7, 11) is 1.61. The van der Waals surface area contributed by atoms with E-state index in [1.54, 1.807) is 13.2 Å². The van der Waals surface area contributed by atoms with Crippen LogP contribution >= 0.6 is 15.9 Å². The van der Waals surface area contributed by atoms with E-state index in [0.29, 0.717) is 5.69 Å². The lowest BCUT2D eigenvalue weighted by atomic mass is 10.1. The fraction of sp³-hybridized carbons (Fsp3) is 0.294. The van der Waals surface area contributed by atoms with Crippen LogP contribution in [-0.2, 0) is 12.8 Å². The first-order chi connectivity index (χ1) is 10.7. The number of nitrogens with one attached hydrogen (secondary N) is 2. The molecule has 0 atom stereocenters. The molecule has 116 valence electrons. The third kappa shape index (κ3) is 4.93. The van der Waals surface area contributed by atoms with Gasteiger partial charge in [-0.3, -0.25) is 9.78 Å². The van der Waals surface area contributed by atoms with Crippen LogP contribution in [-0.4, -0.2) is 31.0 Å². The molecule has 1 aromatic carbocycles. The van der Waals surface area contributed by atoms with E-state index in [0.717, 1.165) is 36.0 Å². The summed E-state index contributed by atoms with van der Waals surface area (Å²) in [6.45, 7) is 1.80. The fourth-order valence-electron chi connectivity index (χ4n) is 2.16. The van der Waals surface area contributed by atoms with E-state index < -0.39 is 0 Å². The van der Waals surface area contributed by atoms with E-state index in [2.05, 4.69) is 49.7 Å². The summed E-state index contributed by atoms with van der Waals surface area (Å²) in [5.74, 6) is -0.149. The molecule has 22 heavy (non-hydrogen) atoms. The van der Waals surface area contributed by atoms with Crippen molar-refractivity contribution in [3.63, 3.8) is 0 Å². The maximum Gasteiger partial charge on any atom is 0.269 e. The van der Waals surface area contributed by atoms with Crippen LogP contribution in [0.2, 0.25) is 0 Å². The van der Waals surface area contributed by atoms with Gasteiger partial charge in [-0.05, 0) is 55.3 Å². The average Bonchev–Trinajstić information content (AvgIpc) is 2.55. The lowest BCUT2D eigenvalue weighted by Crippen LogP contribution is -2.21. The standard InChI is InChI=1S/C17H20BrN3O/c1-19-17(22)16-12-13(7-11-21-16)6-9-20-10-8-14-4-2-3-5-15(14)18/h2-5,7,11-12,20H,6,8-10H2,1H3,(H,19,22). The van der Waals surface area contributed by atoms with Gasteiger partial charge in [0.2, 0.25) is 0 Å². The van der Waals surface area contributed by atoms with Gasteiger partial charge in [-0.15, -0.1) is 0 Å². The summed E-state index contributed by atoms with van der Waals surface area (Å²) >= 11 is 3.56. The number of pyridine rings is 1. The molecule has 1 heterocycles. The van der Waals surface area contributed by atoms with Gasteiger partial charge in [0.05, 0.1) is 0 Å². The second-order valence-electron chi connectivity index (χ2n) is 4.97. The van der Waals surface area contributed by atoms with Gasteiger partial charge < -0.3 is 10.6 Å². The van der Waals surface area contributed by atoms with Crippen molar-refractivity contribution < 1.29 is 4.79 Å². The van der Waals surface area contributed by atoms with Gasteiger partial charge in [-0.2, -0.15) is 0 Å². The maximum atomic E-state index is 11.5. The molecule has 0 spiro atoms. The monoisotopic (exact) mass is 361 g/mol. The highest BCUT2D eigenvalue weighted by Gasteiger charge is 2.05. The average molecular weight is 362 g/mol. The summed E-state index contributed by atoms with van der Waals surface area (Å²) in [5.41, 5.74) is 2.89. The molecule has 2 N–H and O–H groups in total. The second kappa shape index (κ2) is 8.66. The van der Waals surface area contributed by atoms with Crippen LogP contribution in [0.4, 0.5) is 0 Å². The molecule has 2 aromatic rings. The lowest BCUT2D eigenvalue weighted by molar-refractivity contribution is 0.0958. The van der Waals surface area contributed by atoms with Crippen molar-refractivity contribution in [2.45, 2.75) is 12.8 Å². The molecule has 1 aromatic heterocycles. The quantitative estimate of drug-likeness (QED) is 0.745. The summed E-state index contributed by atoms with van der Waals surface area (Å²) in [6, 6.07) is 12.1. The van der Waals surface area contributed by atoms with Crippen LogP contribution in [0.5, 0.6) is 0 Å². The number of rotatable bonds is 7. The van der Waals surface area contributed by atoms with Gasteiger partial charge >= 0.3 is 0 Å². The molecule has 2 rings (SSSR count). The number of carbonyl (C=O) groups excluding carboxylic acids is 1. The number of aromatic nitrogens is 1. The van der Waals surface area contributed by atoms with Crippen molar-refractivity contribution in [3.05, 3.63) is 63.9 Å². The van der Waals surface area contributed by atoms with Crippen molar-refractivity contribution >= 4 is 21.8 Å². The Bertz CT molecular complexity index is 631. The molecule has 0 aliphatic rings. The zero-order chi connectivity index (χ0) is 15.8. The van der Waals surface area contributed by atoms with Crippen molar-refractivity contribution in [3.8, 4) is 0 Å². The van der Waals surface area contributed by atoms with Gasteiger partial charge in [0.15, 0.2) is 0 Å². The Morgan fingerprint density at radius 3 is 2.73 bits per heavy atom. The van der Waals surface area contributed by atoms with Crippen LogP contribution in [0, 0.1) is 0 Å². The van der Waals surface area contributed by atoms with Crippen LogP contribution in [0.1, 0.15) is 21.6 Å². The highest BCUT2D eigenvalue weighted by atomic mass is 79.9. The molecule has 1 amide bonds. The molecule has 0 saturated carbocycles. The first-order valence-corrected chi connectivity index (χ1v) is 8.11. The van der Waals surface area contributed by atoms with E-state index >= 15 is 0 Å². The summed E-state index contributed by atoms with van der Waals surface area (Å²) in [4.78, 5) is 15.6. The summed E-state index contributed by atoms with van der Waals surface area (Å²) in [5, 5.41) is 6.02. The molecule has 0 bridgehead atoms. The Morgan fingerprint density at radius 2 is 1.95 bits per heavy atom. The highest BCUT2D eigenvalue weighted by molar-refractivity contribution is 9.10. The first-order valence-electron chi connectivity index (χ1n) is 7.32. The predicted octanol–water partition coefficient (Wildman–Crippen LogP) is 2.58. The SMILES string of the molecule is CNC(=O)c1cc(CCNCCc2ccccc2Br)ccn1. The second-order valence-corrected chi connectivity index (χ2v) is 5.82. The zero-order valence-corrected chi connectivity index (χ0v) is 14.2. The van der Waals surface area contributed by atoms with Crippen LogP contribution in [0.15, 0.2) is 47.1 Å². The van der Waals surface area contributed by atoms with Gasteiger partial charge in [-0.1, -0.05) is 34.1 Å². The van der Waals surface area contributed by atoms with Crippen LogP contribution in [0.3, 0.4) is 0 Å². The number of hydrogen-bond donors (Lipinski definition) is 2. The van der Waals surface area contributed by atoms with E-state index in [4.69, 9.17) is 0 Å². The molecule has 0 fully saturated rings. The highest BCUT2D eigenvalue weighted by Crippen LogP contribution is 2.15. The molecule has 4 nitrogen and oxygen atoms in total. The third-order valence-corrected chi connectivity index (χ3v) is 4.18. The Kier molecular flexibility index (Phi) is 6.55. The van der Waals surface area contributed by atoms with Crippen molar-refractivity contribution in [1.29, 1.82) is 0 Å². The number of nitrogens with zero attached hydrogens (tertiary/aromatic N) is 1. The van der Waals surface area contributed by atoms with Gasteiger partial charge in [0.1, 0.15) is 5.69 Å². The molecule has 0 saturated heterocycles. The smallest absolute Gasteiger partial charge is 0.269 e. The largest absolute Gasteiger partial charge is 0.354 e. The molecular formula is C17H20BrN3O. The number of benzene rings is 1. The molecule has 5 heteroatoms. The Balaban J connectivity index is 1.75.